The molecule has 0 aliphatic carbocycles. The number of ketones is 1. The first-order valence-corrected chi connectivity index (χ1v) is 5.89. The second kappa shape index (κ2) is 5.65. The van der Waals surface area contributed by atoms with Crippen LogP contribution in [0.4, 0.5) is 0 Å². The van der Waals surface area contributed by atoms with Crippen LogP contribution in [0.3, 0.4) is 0 Å². The van der Waals surface area contributed by atoms with Crippen molar-refractivity contribution in [1.82, 2.24) is 0 Å². The van der Waals surface area contributed by atoms with Crippen LogP contribution in [0.2, 0.25) is 0 Å². The minimum atomic E-state index is -0.213. The smallest absolute Gasteiger partial charge is 0.231 e. The summed E-state index contributed by atoms with van der Waals surface area (Å²) in [6, 6.07) is 3.31. The maximum atomic E-state index is 12.3. The van der Waals surface area contributed by atoms with E-state index >= 15 is 0 Å². The molecule has 5 heteroatoms. The van der Waals surface area contributed by atoms with Crippen molar-refractivity contribution in [2.24, 2.45) is 0 Å². The standard InChI is InChI=1S/C14H16O5/c1-16-11-7-6-9(13(17-2)14(11)18-3)12(15)10-5-4-8-19-10/h5-7H,4,8H2,1-3H3. The molecular formula is C14H16O5. The molecule has 0 atom stereocenters. The van der Waals surface area contributed by atoms with E-state index < -0.39 is 0 Å². The summed E-state index contributed by atoms with van der Waals surface area (Å²) in [5.74, 6) is 1.40. The number of carbonyl (C=O) groups is 1. The van der Waals surface area contributed by atoms with Gasteiger partial charge in [-0.15, -0.1) is 0 Å². The summed E-state index contributed by atoms with van der Waals surface area (Å²) in [6.45, 7) is 0.538. The lowest BCUT2D eigenvalue weighted by molar-refractivity contribution is 0.0938. The Bertz CT molecular complexity index is 519. The van der Waals surface area contributed by atoms with E-state index in [9.17, 15) is 4.79 Å². The highest BCUT2D eigenvalue weighted by Crippen LogP contribution is 2.40. The van der Waals surface area contributed by atoms with Crippen molar-refractivity contribution < 1.29 is 23.7 Å². The molecule has 1 aliphatic rings. The number of benzene rings is 1. The molecule has 0 unspecified atom stereocenters. The van der Waals surface area contributed by atoms with Crippen LogP contribution in [0.5, 0.6) is 17.2 Å². The van der Waals surface area contributed by atoms with Crippen LogP contribution in [-0.4, -0.2) is 33.7 Å². The lowest BCUT2D eigenvalue weighted by atomic mass is 10.1. The molecule has 5 nitrogen and oxygen atoms in total. The summed E-state index contributed by atoms with van der Waals surface area (Å²) < 4.78 is 21.0. The number of Topliss-reactive ketones (excluding diaryl/α,β-unsaturated/α-hetero) is 1. The van der Waals surface area contributed by atoms with Crippen LogP contribution in [0.15, 0.2) is 24.0 Å². The van der Waals surface area contributed by atoms with Crippen LogP contribution in [0.1, 0.15) is 16.8 Å². The van der Waals surface area contributed by atoms with E-state index in [0.29, 0.717) is 35.2 Å². The number of methoxy groups -OCH3 is 3. The molecule has 0 aromatic heterocycles. The monoisotopic (exact) mass is 264 g/mol. The fourth-order valence-corrected chi connectivity index (χ4v) is 1.99. The van der Waals surface area contributed by atoms with Gasteiger partial charge in [-0.2, -0.15) is 0 Å². The van der Waals surface area contributed by atoms with Gasteiger partial charge in [0.15, 0.2) is 17.3 Å². The van der Waals surface area contributed by atoms with Gasteiger partial charge in [-0.25, -0.2) is 0 Å². The van der Waals surface area contributed by atoms with Gasteiger partial charge in [0.05, 0.1) is 33.5 Å². The van der Waals surface area contributed by atoms with Crippen LogP contribution in [-0.2, 0) is 4.74 Å². The average Bonchev–Trinajstić information content (AvgIpc) is 2.98. The lowest BCUT2D eigenvalue weighted by Gasteiger charge is -2.15. The third-order valence-electron chi connectivity index (χ3n) is 2.88. The topological polar surface area (TPSA) is 54.0 Å². The molecule has 0 fully saturated rings. The van der Waals surface area contributed by atoms with Crippen LogP contribution in [0.25, 0.3) is 0 Å². The molecule has 0 amide bonds. The number of hydrogen-bond acceptors (Lipinski definition) is 5. The molecule has 0 radical (unpaired) electrons. The number of hydrogen-bond donors (Lipinski definition) is 0. The Morgan fingerprint density at radius 3 is 2.37 bits per heavy atom. The van der Waals surface area contributed by atoms with Crippen molar-refractivity contribution in [2.45, 2.75) is 6.42 Å². The predicted molar refractivity (Wildman–Crippen MR) is 69.1 cm³/mol. The highest BCUT2D eigenvalue weighted by atomic mass is 16.5. The minimum absolute atomic E-state index is 0.213. The molecule has 0 bridgehead atoms. The second-order valence-corrected chi connectivity index (χ2v) is 3.92. The van der Waals surface area contributed by atoms with Crippen molar-refractivity contribution in [3.8, 4) is 17.2 Å². The van der Waals surface area contributed by atoms with E-state index in [1.165, 1.54) is 21.3 Å². The predicted octanol–water partition coefficient (Wildman–Crippen LogP) is 2.20. The maximum absolute atomic E-state index is 12.3. The molecule has 102 valence electrons. The summed E-state index contributed by atoms with van der Waals surface area (Å²) in [6.07, 6.45) is 2.52. The zero-order valence-electron chi connectivity index (χ0n) is 11.2. The fraction of sp³-hybridized carbons (Fsp3) is 0.357. The first-order chi connectivity index (χ1) is 9.22. The summed E-state index contributed by atoms with van der Waals surface area (Å²) in [4.78, 5) is 12.3. The molecule has 1 aliphatic heterocycles. The lowest BCUT2D eigenvalue weighted by Crippen LogP contribution is -2.07. The first kappa shape index (κ1) is 13.3. The van der Waals surface area contributed by atoms with E-state index in [0.717, 1.165) is 6.42 Å². The van der Waals surface area contributed by atoms with Crippen LogP contribution in [0, 0.1) is 0 Å². The third-order valence-corrected chi connectivity index (χ3v) is 2.88. The highest BCUT2D eigenvalue weighted by Gasteiger charge is 2.25. The van der Waals surface area contributed by atoms with Gasteiger partial charge >= 0.3 is 0 Å². The van der Waals surface area contributed by atoms with Crippen LogP contribution < -0.4 is 14.2 Å². The van der Waals surface area contributed by atoms with Gasteiger partial charge in [-0.3, -0.25) is 4.79 Å². The number of ether oxygens (including phenoxy) is 4. The molecule has 19 heavy (non-hydrogen) atoms. The Labute approximate surface area is 111 Å². The van der Waals surface area contributed by atoms with Crippen molar-refractivity contribution in [2.75, 3.05) is 27.9 Å². The van der Waals surface area contributed by atoms with Gasteiger partial charge in [0.1, 0.15) is 0 Å². The maximum Gasteiger partial charge on any atom is 0.231 e. The summed E-state index contributed by atoms with van der Waals surface area (Å²) in [5.41, 5.74) is 0.397. The first-order valence-electron chi connectivity index (χ1n) is 5.89. The molecule has 2 rings (SSSR count). The zero-order chi connectivity index (χ0) is 13.8. The van der Waals surface area contributed by atoms with E-state index in [2.05, 4.69) is 0 Å². The second-order valence-electron chi connectivity index (χ2n) is 3.92. The van der Waals surface area contributed by atoms with Crippen LogP contribution >= 0.6 is 0 Å². The van der Waals surface area contributed by atoms with Gasteiger partial charge < -0.3 is 18.9 Å². The SMILES string of the molecule is COc1ccc(C(=O)C2=CCCO2)c(OC)c1OC. The minimum Gasteiger partial charge on any atom is -0.493 e. The largest absolute Gasteiger partial charge is 0.493 e. The molecular weight excluding hydrogens is 248 g/mol. The molecule has 0 saturated heterocycles. The Kier molecular flexibility index (Phi) is 3.94. The van der Waals surface area contributed by atoms with Gasteiger partial charge in [-0.1, -0.05) is 0 Å². The molecule has 0 spiro atoms. The molecule has 1 heterocycles. The Hall–Kier alpha value is -2.17. The van der Waals surface area contributed by atoms with Gasteiger partial charge in [0, 0.05) is 6.42 Å². The fourth-order valence-electron chi connectivity index (χ4n) is 1.99. The van der Waals surface area contributed by atoms with Crippen molar-refractivity contribution in [1.29, 1.82) is 0 Å². The Morgan fingerprint density at radius 1 is 1.11 bits per heavy atom. The molecule has 0 saturated carbocycles. The Balaban J connectivity index is 2.48. The van der Waals surface area contributed by atoms with E-state index in [1.807, 2.05) is 0 Å². The summed E-state index contributed by atoms with van der Waals surface area (Å²) >= 11 is 0. The Morgan fingerprint density at radius 2 is 1.84 bits per heavy atom. The molecule has 0 N–H and O–H groups in total. The van der Waals surface area contributed by atoms with E-state index in [-0.39, 0.29) is 5.78 Å². The molecule has 1 aromatic rings. The van der Waals surface area contributed by atoms with Crippen molar-refractivity contribution in [3.05, 3.63) is 29.5 Å². The quantitative estimate of drug-likeness (QED) is 0.763. The van der Waals surface area contributed by atoms with Gasteiger partial charge in [-0.05, 0) is 18.2 Å². The van der Waals surface area contributed by atoms with Crippen molar-refractivity contribution >= 4 is 5.78 Å². The number of rotatable bonds is 5. The average molecular weight is 264 g/mol. The zero-order valence-corrected chi connectivity index (χ0v) is 11.2. The van der Waals surface area contributed by atoms with E-state index in [1.54, 1.807) is 18.2 Å². The highest BCUT2D eigenvalue weighted by molar-refractivity contribution is 6.10. The number of carbonyl (C=O) groups excluding carboxylic acids is 1. The normalized spacial score (nSPS) is 13.5. The molecule has 1 aromatic carbocycles. The third kappa shape index (κ3) is 2.36. The van der Waals surface area contributed by atoms with Crippen molar-refractivity contribution in [3.63, 3.8) is 0 Å². The van der Waals surface area contributed by atoms with Gasteiger partial charge in [0.25, 0.3) is 0 Å². The summed E-state index contributed by atoms with van der Waals surface area (Å²) in [5, 5.41) is 0. The summed E-state index contributed by atoms with van der Waals surface area (Å²) in [7, 11) is 4.51. The van der Waals surface area contributed by atoms with Gasteiger partial charge in [0.2, 0.25) is 11.5 Å². The van der Waals surface area contributed by atoms with E-state index in [4.69, 9.17) is 18.9 Å². The number of allylic oxidation sites excluding steroid dienone is 1.